The largest absolute Gasteiger partial charge is 0.458 e. The number of hydrogen-bond donors (Lipinski definition) is 0. The number of amides is 1. The Bertz CT molecular complexity index is 1530. The van der Waals surface area contributed by atoms with Gasteiger partial charge in [-0.1, -0.05) is 49.4 Å². The number of piperazine rings is 1. The number of carbonyl (C=O) groups excluding carboxylic acids is 1. The summed E-state index contributed by atoms with van der Waals surface area (Å²) < 4.78 is 6.65. The highest BCUT2D eigenvalue weighted by molar-refractivity contribution is 5.94. The van der Waals surface area contributed by atoms with Crippen LogP contribution in [0.5, 0.6) is 6.01 Å². The second-order valence-electron chi connectivity index (χ2n) is 12.1. The van der Waals surface area contributed by atoms with E-state index in [1.54, 1.807) is 4.90 Å². The predicted octanol–water partition coefficient (Wildman–Crippen LogP) is 4.57. The molecule has 43 heavy (non-hydrogen) atoms. The van der Waals surface area contributed by atoms with Gasteiger partial charge in [0.2, 0.25) is 12.5 Å². The molecule has 2 aromatic carbocycles. The first-order valence-electron chi connectivity index (χ1n) is 15.4. The average molecular weight is 580 g/mol. The minimum atomic E-state index is -0.223. The molecule has 9 nitrogen and oxygen atoms in total. The highest BCUT2D eigenvalue weighted by atomic mass is 16.5. The maximum absolute atomic E-state index is 12.6. The maximum Gasteiger partial charge on any atom is 0.319 e. The van der Waals surface area contributed by atoms with Crippen molar-refractivity contribution in [2.45, 2.75) is 56.8 Å². The molecule has 0 radical (unpaired) electrons. The molecule has 3 atom stereocenters. The zero-order chi connectivity index (χ0) is 29.9. The molecule has 0 N–H and O–H groups in total. The Morgan fingerprint density at radius 2 is 1.91 bits per heavy atom. The van der Waals surface area contributed by atoms with E-state index in [0.29, 0.717) is 38.2 Å². The summed E-state index contributed by atoms with van der Waals surface area (Å²) in [5.74, 6) is 0.759. The van der Waals surface area contributed by atoms with Gasteiger partial charge in [0.25, 0.3) is 0 Å². The Morgan fingerprint density at radius 1 is 1.09 bits per heavy atom. The Morgan fingerprint density at radius 3 is 2.72 bits per heavy atom. The lowest BCUT2D eigenvalue weighted by Gasteiger charge is -2.41. The summed E-state index contributed by atoms with van der Waals surface area (Å²) in [6.45, 7) is 14.7. The lowest BCUT2D eigenvalue weighted by molar-refractivity contribution is -0.128. The Labute approximate surface area is 254 Å². The van der Waals surface area contributed by atoms with Gasteiger partial charge in [-0.3, -0.25) is 4.79 Å². The second-order valence-corrected chi connectivity index (χ2v) is 12.1. The van der Waals surface area contributed by atoms with Gasteiger partial charge in [-0.15, -0.1) is 0 Å². The molecule has 0 bridgehead atoms. The van der Waals surface area contributed by atoms with Crippen LogP contribution < -0.4 is 14.5 Å². The van der Waals surface area contributed by atoms with Crippen LogP contribution in [0.1, 0.15) is 36.9 Å². The van der Waals surface area contributed by atoms with Gasteiger partial charge in [-0.05, 0) is 57.3 Å². The number of fused-ring (bicyclic) bond motifs is 2. The molecule has 2 aliphatic heterocycles. The molecule has 3 aliphatic rings. The number of aromatic nitrogens is 2. The maximum atomic E-state index is 12.6. The van der Waals surface area contributed by atoms with E-state index in [1.165, 1.54) is 29.0 Å². The lowest BCUT2D eigenvalue weighted by atomic mass is 9.92. The third-order valence-corrected chi connectivity index (χ3v) is 9.26. The molecule has 224 valence electrons. The first-order valence-corrected chi connectivity index (χ1v) is 15.4. The van der Waals surface area contributed by atoms with Crippen LogP contribution in [0.2, 0.25) is 0 Å². The lowest BCUT2D eigenvalue weighted by Crippen LogP contribution is -2.56. The Balaban J connectivity index is 1.36. The van der Waals surface area contributed by atoms with Crippen LogP contribution >= 0.6 is 0 Å². The summed E-state index contributed by atoms with van der Waals surface area (Å²) in [6.07, 6.45) is 6.60. The van der Waals surface area contributed by atoms with Gasteiger partial charge in [0.1, 0.15) is 18.0 Å². The van der Waals surface area contributed by atoms with Gasteiger partial charge in [-0.25, -0.2) is 6.57 Å². The zero-order valence-corrected chi connectivity index (χ0v) is 25.3. The van der Waals surface area contributed by atoms with Crippen molar-refractivity contribution in [1.29, 1.82) is 0 Å². The molecule has 1 amide bonds. The summed E-state index contributed by atoms with van der Waals surface area (Å²) >= 11 is 0. The molecule has 1 saturated carbocycles. The van der Waals surface area contributed by atoms with Crippen molar-refractivity contribution in [2.75, 3.05) is 56.6 Å². The van der Waals surface area contributed by atoms with Crippen LogP contribution in [0.25, 0.3) is 15.6 Å². The average Bonchev–Trinajstić information content (AvgIpc) is 3.03. The summed E-state index contributed by atoms with van der Waals surface area (Å²) in [5, 5.41) is 2.46. The molecule has 6 rings (SSSR count). The van der Waals surface area contributed by atoms with Gasteiger partial charge in [0.15, 0.2) is 0 Å². The third-order valence-electron chi connectivity index (χ3n) is 9.26. The van der Waals surface area contributed by atoms with Crippen LogP contribution in [0.15, 0.2) is 55.1 Å². The smallest absolute Gasteiger partial charge is 0.319 e. The van der Waals surface area contributed by atoms with Crippen LogP contribution in [0.4, 0.5) is 11.5 Å². The van der Waals surface area contributed by atoms with Gasteiger partial charge in [-0.2, -0.15) is 9.97 Å². The fraction of sp³-hybridized carbons (Fsp3) is 0.471. The van der Waals surface area contributed by atoms with Crippen molar-refractivity contribution in [3.63, 3.8) is 0 Å². The van der Waals surface area contributed by atoms with E-state index in [9.17, 15) is 4.79 Å². The number of ether oxygens (including phenoxy) is 1. The van der Waals surface area contributed by atoms with E-state index < -0.39 is 0 Å². The Hall–Kier alpha value is -4.16. The zero-order valence-electron chi connectivity index (χ0n) is 25.3. The molecule has 2 fully saturated rings. The molecule has 3 aromatic rings. The number of benzene rings is 2. The highest BCUT2D eigenvalue weighted by Gasteiger charge is 2.36. The number of hydrogen-bond acceptors (Lipinski definition) is 7. The van der Waals surface area contributed by atoms with Gasteiger partial charge in [0, 0.05) is 48.9 Å². The first-order chi connectivity index (χ1) is 21.0. The molecule has 1 saturated heterocycles. The minimum absolute atomic E-state index is 0.0318. The van der Waals surface area contributed by atoms with Gasteiger partial charge < -0.3 is 29.2 Å². The molecule has 0 spiro atoms. The minimum Gasteiger partial charge on any atom is -0.458 e. The fourth-order valence-electron chi connectivity index (χ4n) is 7.05. The summed E-state index contributed by atoms with van der Waals surface area (Å²) in [7, 11) is 4.24. The molecular formula is C34H41N7O2. The normalized spacial score (nSPS) is 22.3. The number of anilines is 2. The summed E-state index contributed by atoms with van der Waals surface area (Å²) in [5.41, 5.74) is 3.34. The third kappa shape index (κ3) is 5.89. The van der Waals surface area contributed by atoms with Crippen LogP contribution in [0, 0.1) is 6.57 Å². The number of carbonyl (C=O) groups is 1. The van der Waals surface area contributed by atoms with Crippen LogP contribution in [0.3, 0.4) is 0 Å². The molecular weight excluding hydrogens is 538 g/mol. The predicted molar refractivity (Wildman–Crippen MR) is 170 cm³/mol. The quantitative estimate of drug-likeness (QED) is 0.300. The monoisotopic (exact) mass is 579 g/mol. The van der Waals surface area contributed by atoms with E-state index in [0.717, 1.165) is 49.3 Å². The standard InChI is InChI=1S/C34H41N7O2/c1-5-32(42)41-20-19-40(22-25(41)21-35-2)33-27-17-18-39(29-15-10-12-24-11-6-7-13-26(24)29)23-28(27)36-34(37-33)43-31-16-9-8-14-30(31)38(3)4/h5-7,10-13,15,25,30-31H,1,8-9,14,16-23H2,3-4H3. The van der Waals surface area contributed by atoms with E-state index in [1.807, 2.05) is 0 Å². The SMILES string of the molecule is [C-]#[N+]CC1CN(c2nc(OC3CCCCC3N(C)C)nc3c2CCN(c2cccc4ccccc24)C3)CCN1C(=O)C=C. The highest BCUT2D eigenvalue weighted by Crippen LogP contribution is 2.35. The van der Waals surface area contributed by atoms with E-state index in [-0.39, 0.29) is 24.6 Å². The van der Waals surface area contributed by atoms with Crippen molar-refractivity contribution in [3.05, 3.63) is 77.8 Å². The van der Waals surface area contributed by atoms with E-state index in [4.69, 9.17) is 21.3 Å². The second kappa shape index (κ2) is 12.6. The molecule has 3 heterocycles. The Kier molecular flexibility index (Phi) is 8.48. The number of nitrogens with zero attached hydrogens (tertiary/aromatic N) is 7. The van der Waals surface area contributed by atoms with Crippen molar-refractivity contribution in [1.82, 2.24) is 19.8 Å². The summed E-state index contributed by atoms with van der Waals surface area (Å²) in [6, 6.07) is 15.5. The molecule has 3 unspecified atom stereocenters. The van der Waals surface area contributed by atoms with Crippen molar-refractivity contribution < 1.29 is 9.53 Å². The van der Waals surface area contributed by atoms with Crippen LogP contribution in [-0.2, 0) is 17.8 Å². The first kappa shape index (κ1) is 28.9. The summed E-state index contributed by atoms with van der Waals surface area (Å²) in [4.78, 5) is 35.1. The van der Waals surface area contributed by atoms with Gasteiger partial charge in [0.05, 0.1) is 12.2 Å². The topological polar surface area (TPSA) is 69.4 Å². The molecule has 1 aliphatic carbocycles. The number of rotatable bonds is 7. The van der Waals surface area contributed by atoms with Crippen molar-refractivity contribution >= 4 is 28.2 Å². The van der Waals surface area contributed by atoms with Crippen molar-refractivity contribution in [3.8, 4) is 6.01 Å². The van der Waals surface area contributed by atoms with Gasteiger partial charge >= 0.3 is 6.01 Å². The van der Waals surface area contributed by atoms with Crippen molar-refractivity contribution in [2.24, 2.45) is 0 Å². The fourth-order valence-corrected chi connectivity index (χ4v) is 7.05. The number of likely N-dealkylation sites (N-methyl/N-ethyl adjacent to an activating group) is 1. The van der Waals surface area contributed by atoms with E-state index in [2.05, 4.69) is 82.7 Å². The molecule has 1 aromatic heterocycles. The van der Waals surface area contributed by atoms with Crippen LogP contribution in [-0.4, -0.2) is 90.7 Å². The molecule has 9 heteroatoms. The van der Waals surface area contributed by atoms with E-state index >= 15 is 0 Å².